The number of rotatable bonds is 7. The standard InChI is InChI=1S/C24H30N2O5S/c1-18-11-13-26(14-12-18)32(28,29)23-9-7-19(8-10-23)24(27)25-20-4-2-5-21(16-20)31-17-22-6-3-15-30-22/h2,4-5,7-10,16,18,22H,3,6,11-15,17H2,1H3,(H,25,27). The van der Waals surface area contributed by atoms with Crippen LogP contribution in [0.1, 0.15) is 43.0 Å². The highest BCUT2D eigenvalue weighted by molar-refractivity contribution is 7.89. The Morgan fingerprint density at radius 2 is 1.88 bits per heavy atom. The van der Waals surface area contributed by atoms with Crippen LogP contribution < -0.4 is 10.1 Å². The van der Waals surface area contributed by atoms with Crippen molar-refractivity contribution in [2.45, 2.75) is 43.6 Å². The van der Waals surface area contributed by atoms with E-state index in [1.165, 1.54) is 16.4 Å². The van der Waals surface area contributed by atoms with Crippen molar-refractivity contribution in [3.8, 4) is 5.75 Å². The quantitative estimate of drug-likeness (QED) is 0.680. The van der Waals surface area contributed by atoms with Crippen LogP contribution in [0, 0.1) is 5.92 Å². The Morgan fingerprint density at radius 3 is 2.56 bits per heavy atom. The molecule has 2 aliphatic rings. The van der Waals surface area contributed by atoms with Gasteiger partial charge in [-0.3, -0.25) is 4.79 Å². The summed E-state index contributed by atoms with van der Waals surface area (Å²) in [6, 6.07) is 13.3. The highest BCUT2D eigenvalue weighted by Crippen LogP contribution is 2.24. The number of nitrogens with one attached hydrogen (secondary N) is 1. The fourth-order valence-corrected chi connectivity index (χ4v) is 5.45. The first-order chi connectivity index (χ1) is 15.4. The summed E-state index contributed by atoms with van der Waals surface area (Å²) in [5.41, 5.74) is 1.00. The van der Waals surface area contributed by atoms with E-state index in [0.717, 1.165) is 32.3 Å². The van der Waals surface area contributed by atoms with Crippen LogP contribution in [0.15, 0.2) is 53.4 Å². The first-order valence-corrected chi connectivity index (χ1v) is 12.6. The number of amides is 1. The van der Waals surface area contributed by atoms with Gasteiger partial charge in [0.05, 0.1) is 11.0 Å². The number of sulfonamides is 1. The third kappa shape index (κ3) is 5.49. The number of benzene rings is 2. The molecule has 1 N–H and O–H groups in total. The van der Waals surface area contributed by atoms with Gasteiger partial charge < -0.3 is 14.8 Å². The first kappa shape index (κ1) is 22.8. The topological polar surface area (TPSA) is 84.9 Å². The molecule has 0 radical (unpaired) electrons. The second-order valence-corrected chi connectivity index (χ2v) is 10.5. The molecule has 1 amide bonds. The molecule has 1 atom stereocenters. The average molecular weight is 459 g/mol. The SMILES string of the molecule is CC1CCN(S(=O)(=O)c2ccc(C(=O)Nc3cccc(OCC4CCCO4)c3)cc2)CC1. The van der Waals surface area contributed by atoms with Crippen LogP contribution in [0.5, 0.6) is 5.75 Å². The Balaban J connectivity index is 1.37. The van der Waals surface area contributed by atoms with E-state index in [-0.39, 0.29) is 16.9 Å². The predicted molar refractivity (Wildman–Crippen MR) is 122 cm³/mol. The first-order valence-electron chi connectivity index (χ1n) is 11.2. The van der Waals surface area contributed by atoms with Crippen LogP contribution >= 0.6 is 0 Å². The number of anilines is 1. The fraction of sp³-hybridized carbons (Fsp3) is 0.458. The molecule has 2 fully saturated rings. The minimum atomic E-state index is -3.53. The lowest BCUT2D eigenvalue weighted by atomic mass is 10.0. The number of piperidine rings is 1. The molecule has 1 unspecified atom stereocenters. The molecule has 32 heavy (non-hydrogen) atoms. The van der Waals surface area contributed by atoms with E-state index in [2.05, 4.69) is 12.2 Å². The monoisotopic (exact) mass is 458 g/mol. The smallest absolute Gasteiger partial charge is 0.255 e. The summed E-state index contributed by atoms with van der Waals surface area (Å²) in [7, 11) is -3.53. The largest absolute Gasteiger partial charge is 0.491 e. The van der Waals surface area contributed by atoms with E-state index in [4.69, 9.17) is 9.47 Å². The van der Waals surface area contributed by atoms with Gasteiger partial charge in [-0.1, -0.05) is 13.0 Å². The minimum absolute atomic E-state index is 0.122. The molecule has 0 spiro atoms. The number of nitrogens with zero attached hydrogens (tertiary/aromatic N) is 1. The van der Waals surface area contributed by atoms with Gasteiger partial charge in [-0.05, 0) is 68.0 Å². The van der Waals surface area contributed by atoms with E-state index in [9.17, 15) is 13.2 Å². The van der Waals surface area contributed by atoms with E-state index in [0.29, 0.717) is 42.6 Å². The number of hydrogen-bond acceptors (Lipinski definition) is 5. The van der Waals surface area contributed by atoms with E-state index >= 15 is 0 Å². The van der Waals surface area contributed by atoms with Crippen LogP contribution in [0.25, 0.3) is 0 Å². The normalized spacial score (nSPS) is 20.2. The lowest BCUT2D eigenvalue weighted by molar-refractivity contribution is 0.0680. The molecule has 8 heteroatoms. The summed E-state index contributed by atoms with van der Waals surface area (Å²) in [5.74, 6) is 0.903. The van der Waals surface area contributed by atoms with Gasteiger partial charge in [-0.25, -0.2) is 8.42 Å². The number of ether oxygens (including phenoxy) is 2. The summed E-state index contributed by atoms with van der Waals surface area (Å²) in [6.45, 7) is 4.49. The molecular weight excluding hydrogens is 428 g/mol. The Kier molecular flexibility index (Phi) is 7.13. The van der Waals surface area contributed by atoms with Gasteiger partial charge in [0.2, 0.25) is 10.0 Å². The van der Waals surface area contributed by atoms with Gasteiger partial charge in [0, 0.05) is 37.0 Å². The third-order valence-corrected chi connectivity index (χ3v) is 7.96. The molecule has 2 heterocycles. The van der Waals surface area contributed by atoms with E-state index < -0.39 is 10.0 Å². The van der Waals surface area contributed by atoms with Gasteiger partial charge >= 0.3 is 0 Å². The Hall–Kier alpha value is -2.42. The molecular formula is C24H30N2O5S. The minimum Gasteiger partial charge on any atom is -0.491 e. The van der Waals surface area contributed by atoms with Gasteiger partial charge in [-0.15, -0.1) is 0 Å². The number of hydrogen-bond donors (Lipinski definition) is 1. The van der Waals surface area contributed by atoms with Crippen molar-refractivity contribution in [2.75, 3.05) is 31.6 Å². The molecule has 2 aromatic carbocycles. The molecule has 172 valence electrons. The molecule has 0 aliphatic carbocycles. The molecule has 2 saturated heterocycles. The lowest BCUT2D eigenvalue weighted by Crippen LogP contribution is -2.37. The maximum absolute atomic E-state index is 12.9. The van der Waals surface area contributed by atoms with Crippen LogP contribution in [-0.2, 0) is 14.8 Å². The fourth-order valence-electron chi connectivity index (χ4n) is 3.98. The summed E-state index contributed by atoms with van der Waals surface area (Å²) < 4.78 is 38.6. The van der Waals surface area contributed by atoms with Crippen LogP contribution in [0.4, 0.5) is 5.69 Å². The van der Waals surface area contributed by atoms with Crippen molar-refractivity contribution in [3.05, 3.63) is 54.1 Å². The highest BCUT2D eigenvalue weighted by atomic mass is 32.2. The summed E-state index contributed by atoms with van der Waals surface area (Å²) in [6.07, 6.45) is 3.92. The zero-order valence-electron chi connectivity index (χ0n) is 18.3. The maximum Gasteiger partial charge on any atom is 0.255 e. The predicted octanol–water partition coefficient (Wildman–Crippen LogP) is 3.92. The summed E-state index contributed by atoms with van der Waals surface area (Å²) in [5, 5.41) is 2.84. The van der Waals surface area contributed by atoms with Crippen LogP contribution in [0.3, 0.4) is 0 Å². The molecule has 4 rings (SSSR count). The summed E-state index contributed by atoms with van der Waals surface area (Å²) in [4.78, 5) is 12.9. The van der Waals surface area contributed by atoms with Gasteiger partial charge in [-0.2, -0.15) is 4.31 Å². The molecule has 7 nitrogen and oxygen atoms in total. The van der Waals surface area contributed by atoms with Crippen LogP contribution in [-0.4, -0.2) is 51.0 Å². The van der Waals surface area contributed by atoms with Crippen LogP contribution in [0.2, 0.25) is 0 Å². The highest BCUT2D eigenvalue weighted by Gasteiger charge is 2.28. The Bertz CT molecular complexity index is 1020. The molecule has 2 aliphatic heterocycles. The molecule has 0 bridgehead atoms. The Labute approximate surface area is 189 Å². The van der Waals surface area contributed by atoms with E-state index in [1.54, 1.807) is 24.3 Å². The van der Waals surface area contributed by atoms with Crippen molar-refractivity contribution in [2.24, 2.45) is 5.92 Å². The van der Waals surface area contributed by atoms with Gasteiger partial charge in [0.15, 0.2) is 0 Å². The zero-order valence-corrected chi connectivity index (χ0v) is 19.1. The number of carbonyl (C=O) groups excluding carboxylic acids is 1. The molecule has 0 saturated carbocycles. The molecule has 2 aromatic rings. The zero-order chi connectivity index (χ0) is 22.6. The van der Waals surface area contributed by atoms with Crippen molar-refractivity contribution in [3.63, 3.8) is 0 Å². The number of carbonyl (C=O) groups is 1. The Morgan fingerprint density at radius 1 is 1.12 bits per heavy atom. The lowest BCUT2D eigenvalue weighted by Gasteiger charge is -2.29. The average Bonchev–Trinajstić information content (AvgIpc) is 3.32. The summed E-state index contributed by atoms with van der Waals surface area (Å²) >= 11 is 0. The van der Waals surface area contributed by atoms with Gasteiger partial charge in [0.1, 0.15) is 12.4 Å². The van der Waals surface area contributed by atoms with Crippen molar-refractivity contribution in [1.82, 2.24) is 4.31 Å². The second-order valence-electron chi connectivity index (χ2n) is 8.54. The van der Waals surface area contributed by atoms with Crippen molar-refractivity contribution >= 4 is 21.6 Å². The third-order valence-electron chi connectivity index (χ3n) is 6.05. The molecule has 0 aromatic heterocycles. The second kappa shape index (κ2) is 10.0. The van der Waals surface area contributed by atoms with E-state index in [1.807, 2.05) is 12.1 Å². The van der Waals surface area contributed by atoms with Crippen molar-refractivity contribution in [1.29, 1.82) is 0 Å². The maximum atomic E-state index is 12.9. The van der Waals surface area contributed by atoms with Crippen molar-refractivity contribution < 1.29 is 22.7 Å². The van der Waals surface area contributed by atoms with Gasteiger partial charge in [0.25, 0.3) is 5.91 Å².